The van der Waals surface area contributed by atoms with Crippen LogP contribution < -0.4 is 0 Å². The molecule has 106 valence electrons. The first-order valence-corrected chi connectivity index (χ1v) is 8.13. The highest BCUT2D eigenvalue weighted by Gasteiger charge is 2.20. The van der Waals surface area contributed by atoms with Crippen molar-refractivity contribution in [1.82, 2.24) is 5.01 Å². The van der Waals surface area contributed by atoms with Crippen LogP contribution in [0.4, 0.5) is 0 Å². The molecule has 2 rings (SSSR count). The summed E-state index contributed by atoms with van der Waals surface area (Å²) in [5, 5.41) is 7.86. The van der Waals surface area contributed by atoms with E-state index in [9.17, 15) is 4.79 Å². The number of Topliss-reactive ketones (excluding diaryl/α,β-unsaturated/α-hetero) is 1. The van der Waals surface area contributed by atoms with E-state index in [-0.39, 0.29) is 5.78 Å². The molecule has 1 aliphatic rings. The van der Waals surface area contributed by atoms with Gasteiger partial charge in [-0.3, -0.25) is 4.79 Å². The second-order valence-electron chi connectivity index (χ2n) is 4.82. The van der Waals surface area contributed by atoms with E-state index in [1.807, 2.05) is 37.7 Å². The minimum Gasteiger partial charge on any atom is -0.303 e. The van der Waals surface area contributed by atoms with Gasteiger partial charge in [-0.1, -0.05) is 0 Å². The molecule has 20 heavy (non-hydrogen) atoms. The van der Waals surface area contributed by atoms with Crippen molar-refractivity contribution in [3.8, 4) is 0 Å². The number of allylic oxidation sites excluding steroid dienone is 3. The van der Waals surface area contributed by atoms with Crippen LogP contribution in [-0.4, -0.2) is 31.1 Å². The lowest BCUT2D eigenvalue weighted by Gasteiger charge is -2.15. The number of nitrogens with zero attached hydrogens (tertiary/aromatic N) is 2. The predicted molar refractivity (Wildman–Crippen MR) is 89.1 cm³/mol. The first kappa shape index (κ1) is 15.2. The van der Waals surface area contributed by atoms with Crippen LogP contribution in [0.2, 0.25) is 0 Å². The van der Waals surface area contributed by atoms with Gasteiger partial charge in [0, 0.05) is 46.2 Å². The maximum Gasteiger partial charge on any atom is 0.185 e. The maximum atomic E-state index is 12.4. The summed E-state index contributed by atoms with van der Waals surface area (Å²) in [6.45, 7) is 0. The van der Waals surface area contributed by atoms with Gasteiger partial charge in [0.2, 0.25) is 0 Å². The van der Waals surface area contributed by atoms with Crippen LogP contribution in [0.3, 0.4) is 0 Å². The van der Waals surface area contributed by atoms with Gasteiger partial charge in [0.25, 0.3) is 0 Å². The highest BCUT2D eigenvalue weighted by Crippen LogP contribution is 2.28. The molecule has 1 heterocycles. The Bertz CT molecular complexity index is 584. The van der Waals surface area contributed by atoms with Gasteiger partial charge < -0.3 is 5.01 Å². The van der Waals surface area contributed by atoms with Gasteiger partial charge in [0.1, 0.15) is 0 Å². The van der Waals surface area contributed by atoms with Crippen molar-refractivity contribution in [3.05, 3.63) is 38.0 Å². The summed E-state index contributed by atoms with van der Waals surface area (Å²) >= 11 is 5.07. The SMILES string of the molecule is CN(C)/N=C/C=C1/CCC/C(=C/c2cc(Br)cs2)C1=O. The zero-order valence-electron chi connectivity index (χ0n) is 11.6. The van der Waals surface area contributed by atoms with Crippen LogP contribution in [0.15, 0.2) is 38.2 Å². The van der Waals surface area contributed by atoms with Gasteiger partial charge in [-0.15, -0.1) is 11.3 Å². The smallest absolute Gasteiger partial charge is 0.185 e. The third kappa shape index (κ3) is 4.15. The van der Waals surface area contributed by atoms with Crippen LogP contribution >= 0.6 is 27.3 Å². The zero-order valence-corrected chi connectivity index (χ0v) is 14.0. The Labute approximate surface area is 131 Å². The molecule has 0 bridgehead atoms. The Kier molecular flexibility index (Phi) is 5.31. The van der Waals surface area contributed by atoms with Gasteiger partial charge in [-0.05, 0) is 53.4 Å². The number of hydrogen-bond acceptors (Lipinski definition) is 4. The first-order valence-electron chi connectivity index (χ1n) is 6.46. The molecule has 0 N–H and O–H groups in total. The standard InChI is InChI=1S/C15H17BrN2OS/c1-18(2)17-7-6-11-4-3-5-12(15(11)19)8-14-9-13(16)10-20-14/h6-10H,3-5H2,1-2H3/b11-6-,12-8-,17-7+. The molecule has 1 fully saturated rings. The molecule has 0 aromatic carbocycles. The molecular weight excluding hydrogens is 336 g/mol. The lowest BCUT2D eigenvalue weighted by molar-refractivity contribution is -0.112. The van der Waals surface area contributed by atoms with E-state index < -0.39 is 0 Å². The van der Waals surface area contributed by atoms with E-state index in [2.05, 4.69) is 21.0 Å². The molecule has 0 saturated heterocycles. The lowest BCUT2D eigenvalue weighted by Crippen LogP contribution is -2.12. The quantitative estimate of drug-likeness (QED) is 0.465. The number of thiophene rings is 1. The van der Waals surface area contributed by atoms with E-state index in [0.717, 1.165) is 39.8 Å². The van der Waals surface area contributed by atoms with Crippen molar-refractivity contribution in [1.29, 1.82) is 0 Å². The minimum absolute atomic E-state index is 0.158. The maximum absolute atomic E-state index is 12.4. The van der Waals surface area contributed by atoms with Crippen LogP contribution in [0, 0.1) is 0 Å². The fourth-order valence-corrected chi connectivity index (χ4v) is 3.43. The Balaban J connectivity index is 2.16. The number of carbonyl (C=O) groups excluding carboxylic acids is 1. The summed E-state index contributed by atoms with van der Waals surface area (Å²) in [4.78, 5) is 13.5. The molecule has 1 saturated carbocycles. The summed E-state index contributed by atoms with van der Waals surface area (Å²) in [5.41, 5.74) is 1.75. The molecule has 0 atom stereocenters. The summed E-state index contributed by atoms with van der Waals surface area (Å²) < 4.78 is 1.06. The molecule has 0 aliphatic heterocycles. The summed E-state index contributed by atoms with van der Waals surface area (Å²) in [6.07, 6.45) is 8.25. The van der Waals surface area contributed by atoms with E-state index in [1.165, 1.54) is 0 Å². The molecule has 1 aliphatic carbocycles. The number of ketones is 1. The topological polar surface area (TPSA) is 32.7 Å². The van der Waals surface area contributed by atoms with Crippen LogP contribution in [0.1, 0.15) is 24.1 Å². The monoisotopic (exact) mass is 352 g/mol. The number of hydrazone groups is 1. The minimum atomic E-state index is 0.158. The van der Waals surface area contributed by atoms with Crippen LogP contribution in [-0.2, 0) is 4.79 Å². The molecule has 1 aromatic heterocycles. The van der Waals surface area contributed by atoms with E-state index in [4.69, 9.17) is 0 Å². The fraction of sp³-hybridized carbons (Fsp3) is 0.333. The molecule has 0 radical (unpaired) electrons. The van der Waals surface area contributed by atoms with E-state index >= 15 is 0 Å². The van der Waals surface area contributed by atoms with Gasteiger partial charge >= 0.3 is 0 Å². The van der Waals surface area contributed by atoms with Gasteiger partial charge in [-0.25, -0.2) is 0 Å². The third-order valence-corrected chi connectivity index (χ3v) is 4.59. The number of carbonyl (C=O) groups is 1. The molecule has 5 heteroatoms. The average Bonchev–Trinajstić information content (AvgIpc) is 2.79. The normalized spacial score (nSPS) is 20.2. The molecule has 0 amide bonds. The van der Waals surface area contributed by atoms with Gasteiger partial charge in [0.05, 0.1) is 0 Å². The summed E-state index contributed by atoms with van der Waals surface area (Å²) in [6, 6.07) is 2.04. The fourth-order valence-electron chi connectivity index (χ4n) is 2.03. The zero-order chi connectivity index (χ0) is 14.5. The Morgan fingerprint density at radius 3 is 2.75 bits per heavy atom. The van der Waals surface area contributed by atoms with Crippen molar-refractivity contribution < 1.29 is 4.79 Å². The van der Waals surface area contributed by atoms with Gasteiger partial charge in [-0.2, -0.15) is 5.10 Å². The Morgan fingerprint density at radius 1 is 1.35 bits per heavy atom. The van der Waals surface area contributed by atoms with Crippen molar-refractivity contribution in [2.45, 2.75) is 19.3 Å². The third-order valence-electron chi connectivity index (χ3n) is 2.95. The Hall–Kier alpha value is -1.20. The summed E-state index contributed by atoms with van der Waals surface area (Å²) in [7, 11) is 3.72. The molecule has 3 nitrogen and oxygen atoms in total. The van der Waals surface area contributed by atoms with Crippen LogP contribution in [0.5, 0.6) is 0 Å². The van der Waals surface area contributed by atoms with Crippen LogP contribution in [0.25, 0.3) is 6.08 Å². The predicted octanol–water partition coefficient (Wildman–Crippen LogP) is 4.12. The van der Waals surface area contributed by atoms with E-state index in [1.54, 1.807) is 22.6 Å². The second-order valence-corrected chi connectivity index (χ2v) is 6.68. The summed E-state index contributed by atoms with van der Waals surface area (Å²) in [5.74, 6) is 0.158. The van der Waals surface area contributed by atoms with Crippen molar-refractivity contribution >= 4 is 45.3 Å². The van der Waals surface area contributed by atoms with Crippen molar-refractivity contribution in [2.75, 3.05) is 14.1 Å². The molecule has 1 aromatic rings. The highest BCUT2D eigenvalue weighted by molar-refractivity contribution is 9.10. The van der Waals surface area contributed by atoms with Gasteiger partial charge in [0.15, 0.2) is 5.78 Å². The number of halogens is 1. The molecular formula is C15H17BrN2OS. The lowest BCUT2D eigenvalue weighted by atomic mass is 9.88. The second kappa shape index (κ2) is 6.99. The number of hydrogen-bond donors (Lipinski definition) is 0. The van der Waals surface area contributed by atoms with Crippen molar-refractivity contribution in [3.63, 3.8) is 0 Å². The number of rotatable bonds is 3. The first-order chi connectivity index (χ1) is 9.56. The highest BCUT2D eigenvalue weighted by atomic mass is 79.9. The largest absolute Gasteiger partial charge is 0.303 e. The molecule has 0 spiro atoms. The average molecular weight is 353 g/mol. The Morgan fingerprint density at radius 2 is 2.10 bits per heavy atom. The van der Waals surface area contributed by atoms with E-state index in [0.29, 0.717) is 0 Å². The van der Waals surface area contributed by atoms with Crippen molar-refractivity contribution in [2.24, 2.45) is 5.10 Å². The molecule has 0 unspecified atom stereocenters.